The van der Waals surface area contributed by atoms with Crippen molar-refractivity contribution in [1.29, 1.82) is 0 Å². The number of fused-ring (bicyclic) bond motifs is 1. The lowest BCUT2D eigenvalue weighted by molar-refractivity contribution is -0.137. The van der Waals surface area contributed by atoms with E-state index in [0.29, 0.717) is 29.4 Å². The fraction of sp³-hybridized carbons (Fsp3) is 0.270. The van der Waals surface area contributed by atoms with Crippen LogP contribution in [0.4, 0.5) is 11.4 Å². The summed E-state index contributed by atoms with van der Waals surface area (Å²) in [7, 11) is -2.81. The van der Waals surface area contributed by atoms with E-state index in [9.17, 15) is 27.9 Å². The van der Waals surface area contributed by atoms with E-state index in [-0.39, 0.29) is 42.3 Å². The molecule has 0 radical (unpaired) electrons. The van der Waals surface area contributed by atoms with Gasteiger partial charge in [0.2, 0.25) is 0 Å². The van der Waals surface area contributed by atoms with Crippen molar-refractivity contribution in [2.24, 2.45) is 0 Å². The number of aliphatic carboxylic acids is 1. The molecule has 50 heavy (non-hydrogen) atoms. The Bertz CT molecular complexity index is 1880. The minimum Gasteiger partial charge on any atom is -0.497 e. The third kappa shape index (κ3) is 9.53. The van der Waals surface area contributed by atoms with Crippen LogP contribution in [-0.2, 0) is 26.0 Å². The molecule has 0 spiro atoms. The number of rotatable bonds is 16. The number of carbonyl (C=O) groups is 3. The van der Waals surface area contributed by atoms with Crippen LogP contribution in [0.15, 0.2) is 102 Å². The Labute approximate surface area is 291 Å². The highest BCUT2D eigenvalue weighted by Crippen LogP contribution is 2.40. The molecule has 2 amide bonds. The molecule has 0 saturated carbocycles. The number of nitrogens with zero attached hydrogens (tertiary/aromatic N) is 1. The molecular weight excluding hydrogens is 662 g/mol. The second-order valence-corrected chi connectivity index (χ2v) is 13.3. The number of ether oxygens (including phenoxy) is 3. The van der Waals surface area contributed by atoms with Crippen molar-refractivity contribution in [3.8, 4) is 17.2 Å². The zero-order chi connectivity index (χ0) is 35.5. The van der Waals surface area contributed by atoms with E-state index in [4.69, 9.17) is 14.2 Å². The monoisotopic (exact) mass is 701 g/mol. The summed E-state index contributed by atoms with van der Waals surface area (Å²) in [6.07, 6.45) is 1.69. The normalized spacial score (nSPS) is 13.8. The van der Waals surface area contributed by atoms with Crippen molar-refractivity contribution in [2.45, 2.75) is 43.1 Å². The highest BCUT2D eigenvalue weighted by Gasteiger charge is 2.35. The first-order valence-corrected chi connectivity index (χ1v) is 17.7. The Morgan fingerprint density at radius 3 is 2.30 bits per heavy atom. The number of anilines is 2. The van der Waals surface area contributed by atoms with Gasteiger partial charge in [0.25, 0.3) is 21.8 Å². The summed E-state index contributed by atoms with van der Waals surface area (Å²) in [5.41, 5.74) is 2.42. The van der Waals surface area contributed by atoms with Crippen LogP contribution in [0, 0.1) is 0 Å². The van der Waals surface area contributed by atoms with E-state index in [1.807, 2.05) is 18.2 Å². The van der Waals surface area contributed by atoms with Crippen LogP contribution < -0.4 is 29.1 Å². The molecule has 13 heteroatoms. The Morgan fingerprint density at radius 1 is 0.880 bits per heavy atom. The standard InChI is InChI=1S/C37H39N3O9S/c1-47-28-19-21-30(22-20-28)50(45,46)39-37(44)33-25-40(23-8-14-34(41)42)32-13-7-12-31(35(32)49-33)38-36(43)27-15-17-29(18-16-27)48-24-6-5-11-26-9-3-2-4-10-26/h2-4,7,9-10,12-13,15-22,33H,5-6,8,11,14,23-25H2,1H3,(H,38,43)(H,39,44)(H,41,42). The number of carboxylic acids is 1. The van der Waals surface area contributed by atoms with Crippen LogP contribution in [0.2, 0.25) is 0 Å². The van der Waals surface area contributed by atoms with Crippen molar-refractivity contribution < 1.29 is 42.1 Å². The highest BCUT2D eigenvalue weighted by atomic mass is 32.2. The zero-order valence-electron chi connectivity index (χ0n) is 27.5. The van der Waals surface area contributed by atoms with Crippen LogP contribution in [-0.4, -0.2) is 64.2 Å². The van der Waals surface area contributed by atoms with Gasteiger partial charge in [0, 0.05) is 18.5 Å². The first-order valence-electron chi connectivity index (χ1n) is 16.2. The van der Waals surface area contributed by atoms with Gasteiger partial charge in [0.15, 0.2) is 11.9 Å². The number of sulfonamides is 1. The van der Waals surface area contributed by atoms with Gasteiger partial charge in [-0.05, 0) is 91.9 Å². The number of hydrogen-bond acceptors (Lipinski definition) is 9. The van der Waals surface area contributed by atoms with Gasteiger partial charge in [-0.15, -0.1) is 0 Å². The first-order chi connectivity index (χ1) is 24.1. The second kappa shape index (κ2) is 16.7. The zero-order valence-corrected chi connectivity index (χ0v) is 28.4. The smallest absolute Gasteiger partial charge is 0.303 e. The fourth-order valence-electron chi connectivity index (χ4n) is 5.42. The lowest BCUT2D eigenvalue weighted by atomic mass is 10.1. The predicted molar refractivity (Wildman–Crippen MR) is 188 cm³/mol. The number of amides is 2. The number of nitrogens with one attached hydrogen (secondary N) is 2. The molecule has 1 heterocycles. The molecule has 0 aliphatic carbocycles. The molecule has 0 bridgehead atoms. The van der Waals surface area contributed by atoms with Gasteiger partial charge in [-0.1, -0.05) is 36.4 Å². The van der Waals surface area contributed by atoms with Crippen LogP contribution in [0.25, 0.3) is 0 Å². The molecule has 262 valence electrons. The quantitative estimate of drug-likeness (QED) is 0.131. The molecule has 1 aliphatic rings. The molecule has 5 rings (SSSR count). The average Bonchev–Trinajstić information content (AvgIpc) is 3.12. The summed E-state index contributed by atoms with van der Waals surface area (Å²) in [5.74, 6) is -1.10. The van der Waals surface area contributed by atoms with E-state index in [2.05, 4.69) is 22.2 Å². The fourth-order valence-corrected chi connectivity index (χ4v) is 6.43. The molecule has 0 aromatic heterocycles. The predicted octanol–water partition coefficient (Wildman–Crippen LogP) is 5.29. The molecule has 1 aliphatic heterocycles. The molecule has 12 nitrogen and oxygen atoms in total. The van der Waals surface area contributed by atoms with Crippen LogP contribution in [0.5, 0.6) is 17.2 Å². The van der Waals surface area contributed by atoms with E-state index < -0.39 is 33.9 Å². The molecule has 4 aromatic rings. The number of benzene rings is 4. The van der Waals surface area contributed by atoms with Gasteiger partial charge < -0.3 is 29.5 Å². The summed E-state index contributed by atoms with van der Waals surface area (Å²) in [6.45, 7) is 0.732. The van der Waals surface area contributed by atoms with E-state index in [1.165, 1.54) is 36.9 Å². The second-order valence-electron chi connectivity index (χ2n) is 11.6. The maximum Gasteiger partial charge on any atom is 0.303 e. The number of methoxy groups -OCH3 is 1. The minimum atomic E-state index is -4.26. The number of para-hydroxylation sites is 1. The molecule has 1 unspecified atom stereocenters. The van der Waals surface area contributed by atoms with E-state index >= 15 is 0 Å². The van der Waals surface area contributed by atoms with Gasteiger partial charge >= 0.3 is 5.97 Å². The number of aryl methyl sites for hydroxylation is 1. The third-order valence-corrected chi connectivity index (χ3v) is 9.40. The summed E-state index contributed by atoms with van der Waals surface area (Å²) >= 11 is 0. The van der Waals surface area contributed by atoms with Crippen molar-refractivity contribution >= 4 is 39.2 Å². The first kappa shape index (κ1) is 35.7. The van der Waals surface area contributed by atoms with Crippen molar-refractivity contribution in [3.05, 3.63) is 108 Å². The number of carboxylic acid groups (broad SMARTS) is 1. The lowest BCUT2D eigenvalue weighted by Gasteiger charge is -2.36. The maximum absolute atomic E-state index is 13.4. The lowest BCUT2D eigenvalue weighted by Crippen LogP contribution is -2.50. The summed E-state index contributed by atoms with van der Waals surface area (Å²) in [4.78, 5) is 39.5. The number of unbranched alkanes of at least 4 members (excludes halogenated alkanes) is 1. The molecule has 1 atom stereocenters. The van der Waals surface area contributed by atoms with E-state index in [0.717, 1.165) is 19.3 Å². The van der Waals surface area contributed by atoms with Gasteiger partial charge in [0.1, 0.15) is 11.5 Å². The Balaban J connectivity index is 1.25. The van der Waals surface area contributed by atoms with Crippen LogP contribution in [0.1, 0.15) is 41.6 Å². The van der Waals surface area contributed by atoms with Gasteiger partial charge in [-0.3, -0.25) is 14.4 Å². The molecule has 0 fully saturated rings. The number of carbonyl (C=O) groups excluding carboxylic acids is 2. The average molecular weight is 702 g/mol. The van der Waals surface area contributed by atoms with E-state index in [1.54, 1.807) is 47.4 Å². The largest absolute Gasteiger partial charge is 0.497 e. The molecular formula is C37H39N3O9S. The van der Waals surface area contributed by atoms with Crippen molar-refractivity contribution in [3.63, 3.8) is 0 Å². The number of hydrogen-bond donors (Lipinski definition) is 3. The summed E-state index contributed by atoms with van der Waals surface area (Å²) in [5, 5.41) is 12.0. The third-order valence-electron chi connectivity index (χ3n) is 8.03. The van der Waals surface area contributed by atoms with Gasteiger partial charge in [-0.25, -0.2) is 13.1 Å². The summed E-state index contributed by atoms with van der Waals surface area (Å²) in [6, 6.07) is 27.5. The maximum atomic E-state index is 13.4. The van der Waals surface area contributed by atoms with Crippen molar-refractivity contribution in [1.82, 2.24) is 4.72 Å². The van der Waals surface area contributed by atoms with Gasteiger partial charge in [0.05, 0.1) is 36.5 Å². The SMILES string of the molecule is COc1ccc(S(=O)(=O)NC(=O)C2CN(CCCC(=O)O)c3cccc(NC(=O)c4ccc(OCCCCc5ccccc5)cc4)c3O2)cc1. The highest BCUT2D eigenvalue weighted by molar-refractivity contribution is 7.90. The Kier molecular flexibility index (Phi) is 11.9. The minimum absolute atomic E-state index is 0.0539. The van der Waals surface area contributed by atoms with Gasteiger partial charge in [-0.2, -0.15) is 0 Å². The summed E-state index contributed by atoms with van der Waals surface area (Å²) < 4.78 is 45.1. The molecule has 4 aromatic carbocycles. The van der Waals surface area contributed by atoms with Crippen LogP contribution >= 0.6 is 0 Å². The van der Waals surface area contributed by atoms with Crippen molar-refractivity contribution in [2.75, 3.05) is 37.0 Å². The molecule has 3 N–H and O–H groups in total. The Morgan fingerprint density at radius 2 is 1.60 bits per heavy atom. The molecule has 0 saturated heterocycles. The Hall–Kier alpha value is -5.56. The topological polar surface area (TPSA) is 161 Å². The van der Waals surface area contributed by atoms with Crippen LogP contribution in [0.3, 0.4) is 0 Å².